The third-order valence-corrected chi connectivity index (χ3v) is 3.42. The summed E-state index contributed by atoms with van der Waals surface area (Å²) in [6, 6.07) is 9.75. The maximum absolute atomic E-state index is 13.2. The Morgan fingerprint density at radius 3 is 2.71 bits per heavy atom. The van der Waals surface area contributed by atoms with E-state index in [-0.39, 0.29) is 5.82 Å². The van der Waals surface area contributed by atoms with Crippen LogP contribution in [0.25, 0.3) is 0 Å². The second-order valence-electron chi connectivity index (χ2n) is 4.62. The molecule has 110 valence electrons. The van der Waals surface area contributed by atoms with Gasteiger partial charge in [0.25, 0.3) is 0 Å². The fourth-order valence-corrected chi connectivity index (χ4v) is 2.10. The summed E-state index contributed by atoms with van der Waals surface area (Å²) in [4.78, 5) is 11.5. The minimum absolute atomic E-state index is 0.232. The van der Waals surface area contributed by atoms with E-state index in [0.29, 0.717) is 28.4 Å². The molecule has 0 bridgehead atoms. The van der Waals surface area contributed by atoms with Gasteiger partial charge in [0.15, 0.2) is 0 Å². The second kappa shape index (κ2) is 6.59. The fraction of sp³-hybridized carbons (Fsp3) is 0.188. The Labute approximate surface area is 127 Å². The van der Waals surface area contributed by atoms with Crippen LogP contribution in [0.4, 0.5) is 10.1 Å². The number of nitrogens with one attached hydrogen (secondary N) is 1. The molecule has 0 radical (unpaired) electrons. The van der Waals surface area contributed by atoms with Crippen molar-refractivity contribution in [2.75, 3.05) is 12.4 Å². The van der Waals surface area contributed by atoms with Crippen LogP contribution < -0.4 is 5.32 Å². The molecular weight excluding hydrogens is 293 g/mol. The van der Waals surface area contributed by atoms with Gasteiger partial charge in [0.1, 0.15) is 5.82 Å². The van der Waals surface area contributed by atoms with Crippen LogP contribution in [0.15, 0.2) is 36.4 Å². The van der Waals surface area contributed by atoms with E-state index in [1.54, 1.807) is 37.3 Å². The van der Waals surface area contributed by atoms with Crippen LogP contribution >= 0.6 is 11.6 Å². The highest BCUT2D eigenvalue weighted by Crippen LogP contribution is 2.24. The van der Waals surface area contributed by atoms with E-state index in [9.17, 15) is 9.18 Å². The van der Waals surface area contributed by atoms with Gasteiger partial charge in [0, 0.05) is 6.54 Å². The Bertz CT molecular complexity index is 673. The molecule has 2 rings (SSSR count). The number of esters is 1. The van der Waals surface area contributed by atoms with Gasteiger partial charge in [0.05, 0.1) is 23.4 Å². The van der Waals surface area contributed by atoms with Crippen LogP contribution in [-0.4, -0.2) is 13.1 Å². The topological polar surface area (TPSA) is 38.3 Å². The normalized spacial score (nSPS) is 10.3. The Balaban J connectivity index is 2.15. The molecule has 3 nitrogen and oxygen atoms in total. The Morgan fingerprint density at radius 1 is 1.29 bits per heavy atom. The lowest BCUT2D eigenvalue weighted by Crippen LogP contribution is -2.05. The molecule has 1 N–H and O–H groups in total. The molecule has 0 unspecified atom stereocenters. The molecule has 21 heavy (non-hydrogen) atoms. The van der Waals surface area contributed by atoms with Crippen LogP contribution in [0.5, 0.6) is 0 Å². The molecular formula is C16H15ClFNO2. The molecule has 2 aromatic carbocycles. The van der Waals surface area contributed by atoms with Gasteiger partial charge in [-0.2, -0.15) is 0 Å². The molecule has 0 fully saturated rings. The largest absolute Gasteiger partial charge is 0.465 e. The minimum atomic E-state index is -0.424. The van der Waals surface area contributed by atoms with Crippen molar-refractivity contribution in [2.45, 2.75) is 13.5 Å². The Morgan fingerprint density at radius 2 is 2.05 bits per heavy atom. The molecule has 0 saturated carbocycles. The van der Waals surface area contributed by atoms with Crippen LogP contribution in [0, 0.1) is 12.7 Å². The van der Waals surface area contributed by atoms with Gasteiger partial charge in [-0.25, -0.2) is 9.18 Å². The van der Waals surface area contributed by atoms with Crippen molar-refractivity contribution in [3.8, 4) is 0 Å². The molecule has 2 aromatic rings. The number of halogens is 2. The van der Waals surface area contributed by atoms with Crippen LogP contribution in [0.3, 0.4) is 0 Å². The van der Waals surface area contributed by atoms with Gasteiger partial charge >= 0.3 is 5.97 Å². The lowest BCUT2D eigenvalue weighted by Gasteiger charge is -2.10. The molecule has 0 aliphatic carbocycles. The molecule has 0 aliphatic rings. The summed E-state index contributed by atoms with van der Waals surface area (Å²) in [7, 11) is 1.32. The molecule has 0 aliphatic heterocycles. The first-order valence-electron chi connectivity index (χ1n) is 6.38. The van der Waals surface area contributed by atoms with Gasteiger partial charge < -0.3 is 10.1 Å². The molecule has 0 spiro atoms. The van der Waals surface area contributed by atoms with Crippen LogP contribution in [-0.2, 0) is 11.3 Å². The smallest absolute Gasteiger partial charge is 0.337 e. The summed E-state index contributed by atoms with van der Waals surface area (Å²) >= 11 is 6.09. The number of methoxy groups -OCH3 is 1. The van der Waals surface area contributed by atoms with Crippen LogP contribution in [0.2, 0.25) is 5.02 Å². The second-order valence-corrected chi connectivity index (χ2v) is 5.03. The highest BCUT2D eigenvalue weighted by atomic mass is 35.5. The summed E-state index contributed by atoms with van der Waals surface area (Å²) in [6.07, 6.45) is 0. The first-order valence-corrected chi connectivity index (χ1v) is 6.76. The standard InChI is InChI=1S/C16H15ClFNO2/c1-10-7-11(3-6-14(10)18)9-19-15-8-12(16(20)21-2)4-5-13(15)17/h3-8,19H,9H2,1-2H3. The highest BCUT2D eigenvalue weighted by molar-refractivity contribution is 6.33. The zero-order valence-electron chi connectivity index (χ0n) is 11.7. The van der Waals surface area contributed by atoms with E-state index >= 15 is 0 Å². The van der Waals surface area contributed by atoms with Crippen molar-refractivity contribution in [3.63, 3.8) is 0 Å². The fourth-order valence-electron chi connectivity index (χ4n) is 1.92. The quantitative estimate of drug-likeness (QED) is 0.861. The number of carbonyl (C=O) groups excluding carboxylic acids is 1. The van der Waals surface area contributed by atoms with E-state index in [2.05, 4.69) is 10.1 Å². The summed E-state index contributed by atoms with van der Waals surface area (Å²) in [5.41, 5.74) is 2.55. The zero-order chi connectivity index (χ0) is 15.4. The lowest BCUT2D eigenvalue weighted by atomic mass is 10.1. The Hall–Kier alpha value is -2.07. The highest BCUT2D eigenvalue weighted by Gasteiger charge is 2.09. The SMILES string of the molecule is COC(=O)c1ccc(Cl)c(NCc2ccc(F)c(C)c2)c1. The molecule has 0 amide bonds. The maximum atomic E-state index is 13.2. The van der Waals surface area contributed by atoms with Gasteiger partial charge in [-0.15, -0.1) is 0 Å². The number of hydrogen-bond acceptors (Lipinski definition) is 3. The Kier molecular flexibility index (Phi) is 4.81. The molecule has 0 saturated heterocycles. The zero-order valence-corrected chi connectivity index (χ0v) is 12.5. The van der Waals surface area contributed by atoms with Crippen molar-refractivity contribution >= 4 is 23.3 Å². The summed E-state index contributed by atoms with van der Waals surface area (Å²) in [5.74, 6) is -0.656. The van der Waals surface area contributed by atoms with E-state index in [4.69, 9.17) is 11.6 Å². The van der Waals surface area contributed by atoms with E-state index < -0.39 is 5.97 Å². The number of aryl methyl sites for hydroxylation is 1. The average molecular weight is 308 g/mol. The molecule has 0 aromatic heterocycles. The van der Waals surface area contributed by atoms with Gasteiger partial charge in [-0.05, 0) is 42.3 Å². The maximum Gasteiger partial charge on any atom is 0.337 e. The number of anilines is 1. The summed E-state index contributed by atoms with van der Waals surface area (Å²) in [6.45, 7) is 2.19. The predicted molar refractivity (Wildman–Crippen MR) is 81.3 cm³/mol. The monoisotopic (exact) mass is 307 g/mol. The molecule has 0 heterocycles. The van der Waals surface area contributed by atoms with Gasteiger partial charge in [-0.1, -0.05) is 23.7 Å². The summed E-state index contributed by atoms with van der Waals surface area (Å²) in [5, 5.41) is 3.63. The first kappa shape index (κ1) is 15.3. The predicted octanol–water partition coefficient (Wildman–Crippen LogP) is 4.19. The lowest BCUT2D eigenvalue weighted by molar-refractivity contribution is 0.0601. The van der Waals surface area contributed by atoms with Crippen molar-refractivity contribution < 1.29 is 13.9 Å². The van der Waals surface area contributed by atoms with Crippen molar-refractivity contribution in [1.82, 2.24) is 0 Å². The van der Waals surface area contributed by atoms with Crippen molar-refractivity contribution in [1.29, 1.82) is 0 Å². The number of hydrogen-bond donors (Lipinski definition) is 1. The number of ether oxygens (including phenoxy) is 1. The minimum Gasteiger partial charge on any atom is -0.465 e. The van der Waals surface area contributed by atoms with Gasteiger partial charge in [0.2, 0.25) is 0 Å². The van der Waals surface area contributed by atoms with E-state index in [1.807, 2.05) is 0 Å². The number of rotatable bonds is 4. The molecule has 0 atom stereocenters. The average Bonchev–Trinajstić information content (AvgIpc) is 2.49. The van der Waals surface area contributed by atoms with E-state index in [1.165, 1.54) is 13.2 Å². The van der Waals surface area contributed by atoms with Crippen LogP contribution in [0.1, 0.15) is 21.5 Å². The third-order valence-electron chi connectivity index (χ3n) is 3.09. The van der Waals surface area contributed by atoms with Crippen molar-refractivity contribution in [3.05, 3.63) is 63.9 Å². The molecule has 5 heteroatoms. The third kappa shape index (κ3) is 3.73. The van der Waals surface area contributed by atoms with Gasteiger partial charge in [-0.3, -0.25) is 0 Å². The number of benzene rings is 2. The van der Waals surface area contributed by atoms with Crippen molar-refractivity contribution in [2.24, 2.45) is 0 Å². The van der Waals surface area contributed by atoms with E-state index in [0.717, 1.165) is 5.56 Å². The first-order chi connectivity index (χ1) is 10.0. The summed E-state index contributed by atoms with van der Waals surface area (Å²) < 4.78 is 17.9. The number of carbonyl (C=O) groups is 1.